The predicted molar refractivity (Wildman–Crippen MR) is 111 cm³/mol. The minimum Gasteiger partial charge on any atom is -0.494 e. The van der Waals surface area contributed by atoms with Gasteiger partial charge in [-0.3, -0.25) is 9.78 Å². The van der Waals surface area contributed by atoms with Gasteiger partial charge in [-0.05, 0) is 24.0 Å². The van der Waals surface area contributed by atoms with E-state index in [-0.39, 0.29) is 24.9 Å². The van der Waals surface area contributed by atoms with Crippen molar-refractivity contribution in [2.45, 2.75) is 32.1 Å². The van der Waals surface area contributed by atoms with Crippen molar-refractivity contribution in [3.05, 3.63) is 53.3 Å². The average Bonchev–Trinajstić information content (AvgIpc) is 2.61. The van der Waals surface area contributed by atoms with Crippen LogP contribution in [0.15, 0.2) is 36.5 Å². The molecule has 0 saturated carbocycles. The van der Waals surface area contributed by atoms with E-state index >= 15 is 0 Å². The Hall–Kier alpha value is -2.49. The normalized spacial score (nSPS) is 16.3. The highest BCUT2D eigenvalue weighted by Gasteiger charge is 2.54. The Morgan fingerprint density at radius 2 is 1.97 bits per heavy atom. The summed E-state index contributed by atoms with van der Waals surface area (Å²) >= 11 is 0. The number of nitrogens with one attached hydrogen (secondary N) is 1. The summed E-state index contributed by atoms with van der Waals surface area (Å²) in [6.45, 7) is 5.84. The Labute approximate surface area is 171 Å². The SMILES string of the molecule is COc1cc(C)ncc1NC(=O)C1(c2ccccc2C(C)C)CN(S(N)(=O)=O)C1. The molecule has 1 aliphatic heterocycles. The van der Waals surface area contributed by atoms with E-state index in [0.717, 1.165) is 21.1 Å². The molecular formula is C20H26N4O4S. The van der Waals surface area contributed by atoms with Gasteiger partial charge in [0, 0.05) is 24.8 Å². The van der Waals surface area contributed by atoms with Gasteiger partial charge < -0.3 is 10.1 Å². The Morgan fingerprint density at radius 1 is 1.31 bits per heavy atom. The molecule has 29 heavy (non-hydrogen) atoms. The third-order valence-corrected chi connectivity index (χ3v) is 6.23. The summed E-state index contributed by atoms with van der Waals surface area (Å²) < 4.78 is 30.1. The van der Waals surface area contributed by atoms with Crippen molar-refractivity contribution in [1.82, 2.24) is 9.29 Å². The number of amides is 1. The van der Waals surface area contributed by atoms with Crippen LogP contribution in [0.2, 0.25) is 0 Å². The first-order valence-corrected chi connectivity index (χ1v) is 10.8. The predicted octanol–water partition coefficient (Wildman–Crippen LogP) is 1.92. The second-order valence-electron chi connectivity index (χ2n) is 7.62. The van der Waals surface area contributed by atoms with Crippen LogP contribution in [-0.2, 0) is 20.4 Å². The van der Waals surface area contributed by atoms with Crippen molar-refractivity contribution in [2.75, 3.05) is 25.5 Å². The molecule has 0 atom stereocenters. The molecule has 156 valence electrons. The zero-order valence-electron chi connectivity index (χ0n) is 17.0. The van der Waals surface area contributed by atoms with Crippen LogP contribution in [0.25, 0.3) is 0 Å². The van der Waals surface area contributed by atoms with Crippen LogP contribution in [0.5, 0.6) is 5.75 Å². The van der Waals surface area contributed by atoms with E-state index in [1.54, 1.807) is 6.07 Å². The van der Waals surface area contributed by atoms with Gasteiger partial charge in [0.2, 0.25) is 5.91 Å². The molecule has 1 saturated heterocycles. The number of hydrogen-bond acceptors (Lipinski definition) is 5. The highest BCUT2D eigenvalue weighted by molar-refractivity contribution is 7.86. The number of rotatable bonds is 6. The molecule has 0 unspecified atom stereocenters. The molecule has 9 heteroatoms. The third kappa shape index (κ3) is 3.98. The minimum atomic E-state index is -3.89. The maximum atomic E-state index is 13.5. The third-order valence-electron chi connectivity index (χ3n) is 5.26. The fraction of sp³-hybridized carbons (Fsp3) is 0.400. The molecule has 0 aliphatic carbocycles. The van der Waals surface area contributed by atoms with Gasteiger partial charge in [0.1, 0.15) is 16.9 Å². The summed E-state index contributed by atoms with van der Waals surface area (Å²) in [5.74, 6) is 0.324. The van der Waals surface area contributed by atoms with E-state index < -0.39 is 15.6 Å². The fourth-order valence-corrected chi connectivity index (χ4v) is 4.45. The molecule has 0 radical (unpaired) electrons. The summed E-state index contributed by atoms with van der Waals surface area (Å²) in [6.07, 6.45) is 1.53. The van der Waals surface area contributed by atoms with Crippen molar-refractivity contribution >= 4 is 21.8 Å². The number of nitrogens with two attached hydrogens (primary N) is 1. The van der Waals surface area contributed by atoms with Crippen LogP contribution in [-0.4, -0.2) is 43.8 Å². The summed E-state index contributed by atoms with van der Waals surface area (Å²) in [7, 11) is -2.37. The number of methoxy groups -OCH3 is 1. The molecular weight excluding hydrogens is 392 g/mol. The second kappa shape index (κ2) is 7.74. The van der Waals surface area contributed by atoms with E-state index in [1.165, 1.54) is 13.3 Å². The summed E-state index contributed by atoms with van der Waals surface area (Å²) in [6, 6.07) is 9.32. The number of aryl methyl sites for hydroxylation is 1. The number of nitrogens with zero attached hydrogens (tertiary/aromatic N) is 2. The monoisotopic (exact) mass is 418 g/mol. The highest BCUT2D eigenvalue weighted by atomic mass is 32.2. The minimum absolute atomic E-state index is 0.0248. The van der Waals surface area contributed by atoms with Gasteiger partial charge in [-0.2, -0.15) is 12.7 Å². The number of aromatic nitrogens is 1. The van der Waals surface area contributed by atoms with Gasteiger partial charge in [-0.1, -0.05) is 38.1 Å². The lowest BCUT2D eigenvalue weighted by Crippen LogP contribution is -2.67. The van der Waals surface area contributed by atoms with Gasteiger partial charge in [-0.15, -0.1) is 0 Å². The second-order valence-corrected chi connectivity index (χ2v) is 9.16. The van der Waals surface area contributed by atoms with E-state index in [4.69, 9.17) is 9.88 Å². The van der Waals surface area contributed by atoms with Crippen LogP contribution in [0.1, 0.15) is 36.6 Å². The molecule has 1 aromatic carbocycles. The lowest BCUT2D eigenvalue weighted by atomic mass is 9.71. The maximum absolute atomic E-state index is 13.5. The first-order chi connectivity index (χ1) is 13.6. The topological polar surface area (TPSA) is 115 Å². The Bertz CT molecular complexity index is 1030. The van der Waals surface area contributed by atoms with Gasteiger partial charge in [0.05, 0.1) is 13.3 Å². The van der Waals surface area contributed by atoms with E-state index in [0.29, 0.717) is 11.4 Å². The number of hydrogen-bond donors (Lipinski definition) is 2. The first-order valence-electron chi connectivity index (χ1n) is 9.28. The van der Waals surface area contributed by atoms with E-state index in [9.17, 15) is 13.2 Å². The Morgan fingerprint density at radius 3 is 2.55 bits per heavy atom. The largest absolute Gasteiger partial charge is 0.494 e. The van der Waals surface area contributed by atoms with E-state index in [1.807, 2.05) is 45.0 Å². The van der Waals surface area contributed by atoms with Gasteiger partial charge in [0.25, 0.3) is 10.2 Å². The lowest BCUT2D eigenvalue weighted by molar-refractivity contribution is -0.125. The number of carbonyl (C=O) groups excluding carboxylic acids is 1. The van der Waals surface area contributed by atoms with Crippen LogP contribution >= 0.6 is 0 Å². The van der Waals surface area contributed by atoms with Gasteiger partial charge in [-0.25, -0.2) is 5.14 Å². The molecule has 2 aromatic rings. The standard InChI is InChI=1S/C20H26N4O4S/c1-13(2)15-7-5-6-8-16(15)20(11-24(12-20)29(21,26)27)19(25)23-17-10-22-14(3)9-18(17)28-4/h5-10,13H,11-12H2,1-4H3,(H,23,25)(H2,21,26,27). The first kappa shape index (κ1) is 21.2. The number of carbonyl (C=O) groups is 1. The molecule has 1 aliphatic rings. The maximum Gasteiger partial charge on any atom is 0.276 e. The number of anilines is 1. The van der Waals surface area contributed by atoms with Crippen LogP contribution in [0.4, 0.5) is 5.69 Å². The zero-order chi connectivity index (χ0) is 21.4. The van der Waals surface area contributed by atoms with Gasteiger partial charge >= 0.3 is 0 Å². The van der Waals surface area contributed by atoms with Crippen molar-refractivity contribution in [1.29, 1.82) is 0 Å². The molecule has 1 aromatic heterocycles. The smallest absolute Gasteiger partial charge is 0.276 e. The summed E-state index contributed by atoms with van der Waals surface area (Å²) in [4.78, 5) is 17.7. The van der Waals surface area contributed by atoms with Crippen LogP contribution < -0.4 is 15.2 Å². The lowest BCUT2D eigenvalue weighted by Gasteiger charge is -2.48. The molecule has 0 spiro atoms. The van der Waals surface area contributed by atoms with Crippen LogP contribution in [0, 0.1) is 6.92 Å². The fourth-order valence-electron chi connectivity index (χ4n) is 3.65. The Kier molecular flexibility index (Phi) is 5.66. The van der Waals surface area contributed by atoms with Crippen molar-refractivity contribution < 1.29 is 17.9 Å². The number of benzene rings is 1. The molecule has 1 amide bonds. The zero-order valence-corrected chi connectivity index (χ0v) is 17.8. The molecule has 2 heterocycles. The Balaban J connectivity index is 2.03. The molecule has 8 nitrogen and oxygen atoms in total. The summed E-state index contributed by atoms with van der Waals surface area (Å²) in [5, 5.41) is 8.17. The van der Waals surface area contributed by atoms with Crippen molar-refractivity contribution in [3.63, 3.8) is 0 Å². The number of ether oxygens (including phenoxy) is 1. The molecule has 3 rings (SSSR count). The summed E-state index contributed by atoms with van der Waals surface area (Å²) in [5.41, 5.74) is 1.92. The van der Waals surface area contributed by atoms with Crippen molar-refractivity contribution in [3.8, 4) is 5.75 Å². The molecule has 1 fully saturated rings. The van der Waals surface area contributed by atoms with E-state index in [2.05, 4.69) is 10.3 Å². The van der Waals surface area contributed by atoms with Crippen molar-refractivity contribution in [2.24, 2.45) is 5.14 Å². The number of pyridine rings is 1. The highest BCUT2D eigenvalue weighted by Crippen LogP contribution is 2.41. The molecule has 3 N–H and O–H groups in total. The quantitative estimate of drug-likeness (QED) is 0.744. The van der Waals surface area contributed by atoms with Gasteiger partial charge in [0.15, 0.2) is 0 Å². The molecule has 0 bridgehead atoms. The van der Waals surface area contributed by atoms with Crippen LogP contribution in [0.3, 0.4) is 0 Å². The average molecular weight is 419 g/mol.